The number of nitrogens with zero attached hydrogens (tertiary/aromatic N) is 5. The van der Waals surface area contributed by atoms with Gasteiger partial charge in [-0.1, -0.05) is 30.4 Å². The Kier molecular flexibility index (Phi) is 7.14. The van der Waals surface area contributed by atoms with Gasteiger partial charge < -0.3 is 24.5 Å². The molecule has 2 unspecified atom stereocenters. The van der Waals surface area contributed by atoms with Crippen LogP contribution in [-0.2, 0) is 18.6 Å². The second kappa shape index (κ2) is 10.5. The highest BCUT2D eigenvalue weighted by molar-refractivity contribution is 7.52. The summed E-state index contributed by atoms with van der Waals surface area (Å²) in [6.45, 7) is 3.50. The number of benzene rings is 1. The van der Waals surface area contributed by atoms with Crippen molar-refractivity contribution in [3.63, 3.8) is 0 Å². The van der Waals surface area contributed by atoms with E-state index in [-0.39, 0.29) is 24.5 Å². The van der Waals surface area contributed by atoms with E-state index in [2.05, 4.69) is 24.9 Å². The first-order valence-corrected chi connectivity index (χ1v) is 13.7. The molecule has 1 fully saturated rings. The summed E-state index contributed by atoms with van der Waals surface area (Å²) in [5, 5.41) is 2.68. The molecule has 37 heavy (non-hydrogen) atoms. The first-order chi connectivity index (χ1) is 17.8. The smallest absolute Gasteiger partial charge is 0.459 e. The van der Waals surface area contributed by atoms with Gasteiger partial charge in [-0.05, 0) is 31.9 Å². The van der Waals surface area contributed by atoms with Crippen LogP contribution in [0.2, 0.25) is 0 Å². The van der Waals surface area contributed by atoms with Crippen molar-refractivity contribution < 1.29 is 23.1 Å². The fraction of sp³-hybridized carbons (Fsp3) is 0.417. The number of rotatable bonds is 10. The Bertz CT molecular complexity index is 1340. The quantitative estimate of drug-likeness (QED) is 0.228. The lowest BCUT2D eigenvalue weighted by Crippen LogP contribution is -2.38. The average molecular weight is 528 g/mol. The number of para-hydroxylation sites is 1. The van der Waals surface area contributed by atoms with E-state index >= 15 is 0 Å². The Balaban J connectivity index is 1.28. The van der Waals surface area contributed by atoms with Gasteiger partial charge in [0.25, 0.3) is 0 Å². The van der Waals surface area contributed by atoms with Crippen molar-refractivity contribution in [2.24, 2.45) is 5.92 Å². The minimum Gasteiger partial charge on any atom is -0.468 e. The molecular formula is C24H30N7O5P. The van der Waals surface area contributed by atoms with E-state index in [4.69, 9.17) is 19.5 Å². The summed E-state index contributed by atoms with van der Waals surface area (Å²) in [7, 11) is -2.64. The number of nitrogens with two attached hydrogens (primary N) is 1. The normalized spacial score (nSPS) is 21.4. The molecule has 2 aromatic heterocycles. The molecule has 3 heterocycles. The van der Waals surface area contributed by atoms with Gasteiger partial charge in [-0.3, -0.25) is 9.32 Å². The molecule has 3 N–H and O–H groups in total. The average Bonchev–Trinajstić information content (AvgIpc) is 3.48. The summed E-state index contributed by atoms with van der Waals surface area (Å²) < 4.78 is 31.8. The lowest BCUT2D eigenvalue weighted by atomic mass is 10.1. The summed E-state index contributed by atoms with van der Waals surface area (Å²) in [6.07, 6.45) is 7.60. The Labute approximate surface area is 214 Å². The molecule has 13 heteroatoms. The van der Waals surface area contributed by atoms with E-state index in [1.807, 2.05) is 22.8 Å². The summed E-state index contributed by atoms with van der Waals surface area (Å²) in [4.78, 5) is 27.5. The molecular weight excluding hydrogens is 497 g/mol. The fourth-order valence-electron chi connectivity index (χ4n) is 4.36. The van der Waals surface area contributed by atoms with E-state index in [9.17, 15) is 9.36 Å². The van der Waals surface area contributed by atoms with E-state index in [0.717, 1.165) is 30.8 Å². The van der Waals surface area contributed by atoms with E-state index in [1.165, 1.54) is 14.0 Å². The minimum atomic E-state index is -3.90. The van der Waals surface area contributed by atoms with Crippen LogP contribution < -0.4 is 20.2 Å². The van der Waals surface area contributed by atoms with Crippen LogP contribution in [0.25, 0.3) is 11.2 Å². The molecule has 0 bridgehead atoms. The largest absolute Gasteiger partial charge is 0.468 e. The summed E-state index contributed by atoms with van der Waals surface area (Å²) in [6, 6.07) is 7.73. The lowest BCUT2D eigenvalue weighted by molar-refractivity contribution is -0.142. The zero-order chi connectivity index (χ0) is 26.0. The van der Waals surface area contributed by atoms with Crippen LogP contribution >= 0.6 is 7.75 Å². The van der Waals surface area contributed by atoms with Crippen molar-refractivity contribution in [1.82, 2.24) is 24.6 Å². The molecule has 5 rings (SSSR count). The topological polar surface area (TPSA) is 147 Å². The number of fused-ring (bicyclic) bond motifs is 1. The van der Waals surface area contributed by atoms with Gasteiger partial charge in [0.2, 0.25) is 5.95 Å². The third kappa shape index (κ3) is 5.46. The summed E-state index contributed by atoms with van der Waals surface area (Å²) in [5.41, 5.74) is 7.42. The van der Waals surface area contributed by atoms with Crippen LogP contribution in [0.15, 0.2) is 48.8 Å². The number of imidazole rings is 1. The molecule has 3 aromatic rings. The Morgan fingerprint density at radius 2 is 2.03 bits per heavy atom. The molecule has 1 saturated heterocycles. The number of esters is 1. The predicted molar refractivity (Wildman–Crippen MR) is 138 cm³/mol. The number of carbonyl (C=O) groups is 1. The number of hydrogen-bond donors (Lipinski definition) is 2. The highest BCUT2D eigenvalue weighted by Gasteiger charge is 2.34. The molecule has 1 aliphatic heterocycles. The van der Waals surface area contributed by atoms with Gasteiger partial charge in [-0.25, -0.2) is 9.55 Å². The SMILES string of the molecule is COC(=O)C(C)NP(=O)(OC[C@@H]1C=C[C@H](n2cnc3c(N4CCC4)nc(N)nc32)C1)Oc1ccccc1. The molecule has 2 aliphatic rings. The highest BCUT2D eigenvalue weighted by Crippen LogP contribution is 2.46. The molecule has 196 valence electrons. The van der Waals surface area contributed by atoms with Crippen molar-refractivity contribution in [3.05, 3.63) is 48.8 Å². The van der Waals surface area contributed by atoms with Gasteiger partial charge in [0.05, 0.1) is 26.1 Å². The minimum absolute atomic E-state index is 0.0338. The number of nitrogen functional groups attached to an aromatic ring is 1. The number of anilines is 2. The molecule has 1 aromatic carbocycles. The van der Waals surface area contributed by atoms with Gasteiger partial charge in [0.1, 0.15) is 11.8 Å². The summed E-state index contributed by atoms with van der Waals surface area (Å²) >= 11 is 0. The van der Waals surface area contributed by atoms with Crippen LogP contribution in [0.4, 0.5) is 11.8 Å². The maximum atomic E-state index is 13.6. The van der Waals surface area contributed by atoms with Crippen molar-refractivity contribution in [1.29, 1.82) is 0 Å². The first-order valence-electron chi connectivity index (χ1n) is 12.1. The van der Waals surface area contributed by atoms with Crippen LogP contribution in [0, 0.1) is 5.92 Å². The molecule has 12 nitrogen and oxygen atoms in total. The van der Waals surface area contributed by atoms with Crippen molar-refractivity contribution in [2.75, 3.05) is 37.4 Å². The summed E-state index contributed by atoms with van der Waals surface area (Å²) in [5.74, 6) is 0.698. The number of methoxy groups -OCH3 is 1. The van der Waals surface area contributed by atoms with Crippen LogP contribution in [-0.4, -0.2) is 58.3 Å². The third-order valence-corrected chi connectivity index (χ3v) is 8.06. The third-order valence-electron chi connectivity index (χ3n) is 6.42. The maximum absolute atomic E-state index is 13.6. The van der Waals surface area contributed by atoms with E-state index in [0.29, 0.717) is 17.8 Å². The second-order valence-electron chi connectivity index (χ2n) is 9.09. The molecule has 1 aliphatic carbocycles. The second-order valence-corrected chi connectivity index (χ2v) is 10.8. The molecule has 0 radical (unpaired) electrons. The number of aromatic nitrogens is 4. The Morgan fingerprint density at radius 3 is 2.73 bits per heavy atom. The van der Waals surface area contributed by atoms with E-state index in [1.54, 1.807) is 30.6 Å². The van der Waals surface area contributed by atoms with Crippen LogP contribution in [0.1, 0.15) is 25.8 Å². The zero-order valence-corrected chi connectivity index (χ0v) is 21.6. The molecule has 0 spiro atoms. The first kappa shape index (κ1) is 25.2. The van der Waals surface area contributed by atoms with Gasteiger partial charge in [0, 0.05) is 19.0 Å². The number of ether oxygens (including phenoxy) is 1. The predicted octanol–water partition coefficient (Wildman–Crippen LogP) is 3.09. The standard InChI is InChI=1S/C24H30N7O5P/c1-16(23(32)34-2)29-37(33,36-19-7-4-3-5-8-19)35-14-17-9-10-18(13-17)31-15-26-20-21(30-11-6-12-30)27-24(25)28-22(20)31/h3-5,7-10,15-18H,6,11-14H2,1-2H3,(H,29,33)(H2,25,27,28)/t16?,17-,18+,37?/m1/s1. The number of carbonyl (C=O) groups excluding carboxylic acids is 1. The highest BCUT2D eigenvalue weighted by atomic mass is 31.2. The van der Waals surface area contributed by atoms with Gasteiger partial charge >= 0.3 is 13.7 Å². The zero-order valence-electron chi connectivity index (χ0n) is 20.7. The van der Waals surface area contributed by atoms with E-state index < -0.39 is 19.8 Å². The fourth-order valence-corrected chi connectivity index (χ4v) is 5.91. The number of hydrogen-bond acceptors (Lipinski definition) is 10. The number of allylic oxidation sites excluding steroid dienone is 1. The van der Waals surface area contributed by atoms with Crippen LogP contribution in [0.5, 0.6) is 5.75 Å². The van der Waals surface area contributed by atoms with Gasteiger partial charge in [-0.2, -0.15) is 15.1 Å². The van der Waals surface area contributed by atoms with Crippen molar-refractivity contribution in [2.45, 2.75) is 31.8 Å². The number of nitrogens with one attached hydrogen (secondary N) is 1. The van der Waals surface area contributed by atoms with Crippen molar-refractivity contribution >= 4 is 36.6 Å². The molecule has 4 atom stereocenters. The van der Waals surface area contributed by atoms with Gasteiger partial charge in [0.15, 0.2) is 17.0 Å². The van der Waals surface area contributed by atoms with Crippen molar-refractivity contribution in [3.8, 4) is 5.75 Å². The van der Waals surface area contributed by atoms with Crippen LogP contribution in [0.3, 0.4) is 0 Å². The molecule has 0 saturated carbocycles. The lowest BCUT2D eigenvalue weighted by Gasteiger charge is -2.32. The Morgan fingerprint density at radius 1 is 1.24 bits per heavy atom. The monoisotopic (exact) mass is 527 g/mol. The maximum Gasteiger partial charge on any atom is 0.459 e. The Hall–Kier alpha value is -3.47. The van der Waals surface area contributed by atoms with Gasteiger partial charge in [-0.15, -0.1) is 0 Å². The molecule has 0 amide bonds.